The van der Waals surface area contributed by atoms with E-state index in [1.165, 1.54) is 5.56 Å². The molecule has 2 heteroatoms. The van der Waals surface area contributed by atoms with E-state index in [2.05, 4.69) is 19.1 Å². The molecule has 0 N–H and O–H groups in total. The fourth-order valence-electron chi connectivity index (χ4n) is 1.98. The first kappa shape index (κ1) is 13.3. The lowest BCUT2D eigenvalue weighted by Gasteiger charge is -2.05. The summed E-state index contributed by atoms with van der Waals surface area (Å²) in [5.41, 5.74) is 3.03. The third-order valence-corrected chi connectivity index (χ3v) is 3.19. The number of hydrogen-bond donors (Lipinski definition) is 0. The van der Waals surface area contributed by atoms with Crippen LogP contribution in [-0.4, -0.2) is 12.9 Å². The van der Waals surface area contributed by atoms with E-state index in [4.69, 9.17) is 4.74 Å². The first-order chi connectivity index (χ1) is 9.22. The van der Waals surface area contributed by atoms with Crippen molar-refractivity contribution in [3.05, 3.63) is 65.2 Å². The molecule has 0 atom stereocenters. The lowest BCUT2D eigenvalue weighted by molar-refractivity contribution is 0.0992. The zero-order valence-electron chi connectivity index (χ0n) is 11.3. The quantitative estimate of drug-likeness (QED) is 0.761. The van der Waals surface area contributed by atoms with Gasteiger partial charge in [-0.2, -0.15) is 0 Å². The second-order valence-electron chi connectivity index (χ2n) is 4.50. The molecular formula is C17H18O2. The van der Waals surface area contributed by atoms with Crippen LogP contribution >= 0.6 is 0 Å². The molecule has 0 aliphatic heterocycles. The molecule has 98 valence electrons. The molecule has 19 heavy (non-hydrogen) atoms. The van der Waals surface area contributed by atoms with Gasteiger partial charge in [0.15, 0.2) is 5.78 Å². The van der Waals surface area contributed by atoms with Gasteiger partial charge in [0.1, 0.15) is 5.75 Å². The maximum atomic E-state index is 12.2. The van der Waals surface area contributed by atoms with Gasteiger partial charge in [-0.25, -0.2) is 0 Å². The van der Waals surface area contributed by atoms with Gasteiger partial charge in [-0.1, -0.05) is 43.3 Å². The van der Waals surface area contributed by atoms with Crippen LogP contribution in [0.15, 0.2) is 48.5 Å². The second kappa shape index (κ2) is 6.19. The zero-order valence-corrected chi connectivity index (χ0v) is 11.3. The number of ketones is 1. The summed E-state index contributed by atoms with van der Waals surface area (Å²) in [6.45, 7) is 2.12. The summed E-state index contributed by atoms with van der Waals surface area (Å²) in [6, 6.07) is 15.5. The Bertz CT molecular complexity index is 556. The van der Waals surface area contributed by atoms with Crippen molar-refractivity contribution in [1.29, 1.82) is 0 Å². The fourth-order valence-corrected chi connectivity index (χ4v) is 1.98. The van der Waals surface area contributed by atoms with Crippen molar-refractivity contribution < 1.29 is 9.53 Å². The molecule has 2 rings (SSSR count). The molecule has 0 saturated heterocycles. The molecule has 0 aromatic heterocycles. The molecule has 0 saturated carbocycles. The number of methoxy groups -OCH3 is 1. The van der Waals surface area contributed by atoms with E-state index in [-0.39, 0.29) is 5.78 Å². The van der Waals surface area contributed by atoms with Crippen LogP contribution in [0.4, 0.5) is 0 Å². The molecule has 2 aromatic rings. The molecule has 2 aromatic carbocycles. The lowest BCUT2D eigenvalue weighted by atomic mass is 10.0. The van der Waals surface area contributed by atoms with E-state index >= 15 is 0 Å². The SMILES string of the molecule is CCc1ccc(CC(=O)c2cccc(OC)c2)cc1. The van der Waals surface area contributed by atoms with E-state index in [0.29, 0.717) is 17.7 Å². The van der Waals surface area contributed by atoms with Crippen LogP contribution in [0, 0.1) is 0 Å². The van der Waals surface area contributed by atoms with Crippen molar-refractivity contribution >= 4 is 5.78 Å². The van der Waals surface area contributed by atoms with Gasteiger partial charge in [-0.3, -0.25) is 4.79 Å². The average Bonchev–Trinajstić information content (AvgIpc) is 2.48. The molecule has 0 spiro atoms. The van der Waals surface area contributed by atoms with Crippen molar-refractivity contribution in [3.8, 4) is 5.75 Å². The van der Waals surface area contributed by atoms with Gasteiger partial charge in [0.25, 0.3) is 0 Å². The Hall–Kier alpha value is -2.09. The molecule has 0 aliphatic carbocycles. The van der Waals surface area contributed by atoms with Crippen LogP contribution in [0.1, 0.15) is 28.4 Å². The summed E-state index contributed by atoms with van der Waals surface area (Å²) in [6.07, 6.45) is 1.45. The van der Waals surface area contributed by atoms with Gasteiger partial charge in [-0.05, 0) is 29.7 Å². The van der Waals surface area contributed by atoms with E-state index < -0.39 is 0 Å². The Labute approximate surface area is 114 Å². The van der Waals surface area contributed by atoms with Crippen LogP contribution < -0.4 is 4.74 Å². The van der Waals surface area contributed by atoms with Crippen LogP contribution in [0.2, 0.25) is 0 Å². The molecular weight excluding hydrogens is 236 g/mol. The summed E-state index contributed by atoms with van der Waals surface area (Å²) in [5, 5.41) is 0. The maximum absolute atomic E-state index is 12.2. The Morgan fingerprint density at radius 2 is 1.74 bits per heavy atom. The highest BCUT2D eigenvalue weighted by Crippen LogP contribution is 2.15. The van der Waals surface area contributed by atoms with Crippen molar-refractivity contribution in [2.75, 3.05) is 7.11 Å². The highest BCUT2D eigenvalue weighted by atomic mass is 16.5. The molecule has 2 nitrogen and oxygen atoms in total. The molecule has 0 fully saturated rings. The van der Waals surface area contributed by atoms with Gasteiger partial charge in [-0.15, -0.1) is 0 Å². The number of ether oxygens (including phenoxy) is 1. The predicted molar refractivity (Wildman–Crippen MR) is 76.8 cm³/mol. The first-order valence-corrected chi connectivity index (χ1v) is 6.48. The highest BCUT2D eigenvalue weighted by molar-refractivity contribution is 5.97. The van der Waals surface area contributed by atoms with E-state index in [0.717, 1.165) is 12.0 Å². The lowest BCUT2D eigenvalue weighted by Crippen LogP contribution is -2.03. The van der Waals surface area contributed by atoms with Gasteiger partial charge in [0, 0.05) is 12.0 Å². The summed E-state index contributed by atoms with van der Waals surface area (Å²) in [5.74, 6) is 0.829. The number of carbonyl (C=O) groups is 1. The average molecular weight is 254 g/mol. The minimum absolute atomic E-state index is 0.114. The minimum Gasteiger partial charge on any atom is -0.497 e. The van der Waals surface area contributed by atoms with E-state index in [1.807, 2.05) is 30.3 Å². The molecule has 0 amide bonds. The van der Waals surface area contributed by atoms with Crippen molar-refractivity contribution in [1.82, 2.24) is 0 Å². The van der Waals surface area contributed by atoms with Crippen molar-refractivity contribution in [2.24, 2.45) is 0 Å². The van der Waals surface area contributed by atoms with Crippen LogP contribution in [0.5, 0.6) is 5.75 Å². The number of Topliss-reactive ketones (excluding diaryl/α,β-unsaturated/α-hetero) is 1. The van der Waals surface area contributed by atoms with E-state index in [1.54, 1.807) is 13.2 Å². The Morgan fingerprint density at radius 3 is 2.37 bits per heavy atom. The Morgan fingerprint density at radius 1 is 1.05 bits per heavy atom. The smallest absolute Gasteiger partial charge is 0.167 e. The number of hydrogen-bond acceptors (Lipinski definition) is 2. The summed E-state index contributed by atoms with van der Waals surface area (Å²) < 4.78 is 5.13. The molecule has 0 unspecified atom stereocenters. The monoisotopic (exact) mass is 254 g/mol. The predicted octanol–water partition coefficient (Wildman–Crippen LogP) is 3.68. The minimum atomic E-state index is 0.114. The van der Waals surface area contributed by atoms with Gasteiger partial charge < -0.3 is 4.74 Å². The van der Waals surface area contributed by atoms with Gasteiger partial charge in [0.2, 0.25) is 0 Å². The molecule has 0 aliphatic rings. The summed E-state index contributed by atoms with van der Waals surface area (Å²) in [7, 11) is 1.60. The van der Waals surface area contributed by atoms with Crippen LogP contribution in [-0.2, 0) is 12.8 Å². The molecule has 0 radical (unpaired) electrons. The topological polar surface area (TPSA) is 26.3 Å². The zero-order chi connectivity index (χ0) is 13.7. The summed E-state index contributed by atoms with van der Waals surface area (Å²) >= 11 is 0. The molecule has 0 heterocycles. The summed E-state index contributed by atoms with van der Waals surface area (Å²) in [4.78, 5) is 12.2. The van der Waals surface area contributed by atoms with Crippen LogP contribution in [0.3, 0.4) is 0 Å². The third-order valence-electron chi connectivity index (χ3n) is 3.19. The normalized spacial score (nSPS) is 10.2. The third kappa shape index (κ3) is 3.44. The Balaban J connectivity index is 2.11. The second-order valence-corrected chi connectivity index (χ2v) is 4.50. The van der Waals surface area contributed by atoms with Gasteiger partial charge >= 0.3 is 0 Å². The first-order valence-electron chi connectivity index (χ1n) is 6.48. The van der Waals surface area contributed by atoms with Gasteiger partial charge in [0.05, 0.1) is 7.11 Å². The molecule has 0 bridgehead atoms. The van der Waals surface area contributed by atoms with Crippen molar-refractivity contribution in [2.45, 2.75) is 19.8 Å². The maximum Gasteiger partial charge on any atom is 0.167 e. The number of benzene rings is 2. The highest BCUT2D eigenvalue weighted by Gasteiger charge is 2.08. The van der Waals surface area contributed by atoms with Crippen LogP contribution in [0.25, 0.3) is 0 Å². The largest absolute Gasteiger partial charge is 0.497 e. The number of carbonyl (C=O) groups excluding carboxylic acids is 1. The van der Waals surface area contributed by atoms with E-state index in [9.17, 15) is 4.79 Å². The van der Waals surface area contributed by atoms with Crippen molar-refractivity contribution in [3.63, 3.8) is 0 Å². The fraction of sp³-hybridized carbons (Fsp3) is 0.235. The number of rotatable bonds is 5. The Kier molecular flexibility index (Phi) is 4.35. The number of aryl methyl sites for hydroxylation is 1. The standard InChI is InChI=1S/C17H18O2/c1-3-13-7-9-14(10-8-13)11-17(18)15-5-4-6-16(12-15)19-2/h4-10,12H,3,11H2,1-2H3.